The molecule has 0 radical (unpaired) electrons. The van der Waals surface area contributed by atoms with E-state index in [4.69, 9.17) is 10.5 Å². The molecule has 4 heterocycles. The maximum atomic E-state index is 14.3. The van der Waals surface area contributed by atoms with Crippen LogP contribution in [0.3, 0.4) is 0 Å². The Balaban J connectivity index is 1.31. The van der Waals surface area contributed by atoms with Gasteiger partial charge in [-0.25, -0.2) is 13.8 Å². The lowest BCUT2D eigenvalue weighted by molar-refractivity contribution is -0.0420. The molecule has 2 aliphatic rings. The molecule has 4 N–H and O–H groups in total. The number of anilines is 1. The van der Waals surface area contributed by atoms with Crippen molar-refractivity contribution >= 4 is 33.1 Å². The van der Waals surface area contributed by atoms with Crippen LogP contribution in [0.15, 0.2) is 30.3 Å². The smallest absolute Gasteiger partial charge is 0.267 e. The Bertz CT molecular complexity index is 1200. The lowest BCUT2D eigenvalue weighted by Gasteiger charge is -2.33. The number of carbonyl (C=O) groups is 1. The van der Waals surface area contributed by atoms with E-state index in [0.29, 0.717) is 41.3 Å². The Morgan fingerprint density at radius 3 is 3.00 bits per heavy atom. The lowest BCUT2D eigenvalue weighted by atomic mass is 9.86. The zero-order valence-corrected chi connectivity index (χ0v) is 18.4. The first-order valence-electron chi connectivity index (χ1n) is 10.6. The van der Waals surface area contributed by atoms with E-state index in [9.17, 15) is 13.6 Å². The molecule has 2 aromatic heterocycles. The van der Waals surface area contributed by atoms with Gasteiger partial charge in [0.15, 0.2) is 0 Å². The van der Waals surface area contributed by atoms with Gasteiger partial charge in [0.05, 0.1) is 24.2 Å². The number of nitrogens with one attached hydrogen (secondary N) is 2. The van der Waals surface area contributed by atoms with E-state index in [1.165, 1.54) is 11.3 Å². The fraction of sp³-hybridized carbons (Fsp3) is 0.391. The summed E-state index contributed by atoms with van der Waals surface area (Å²) < 4.78 is 34.5. The summed E-state index contributed by atoms with van der Waals surface area (Å²) in [5, 5.41) is 6.53. The Morgan fingerprint density at radius 1 is 1.34 bits per heavy atom. The molecule has 5 rings (SSSR count). The molecule has 2 aliphatic heterocycles. The highest BCUT2D eigenvalue weighted by atomic mass is 32.1. The van der Waals surface area contributed by atoms with E-state index in [0.717, 1.165) is 21.5 Å². The van der Waals surface area contributed by atoms with Gasteiger partial charge in [-0.05, 0) is 55.6 Å². The molecule has 1 aromatic carbocycles. The van der Waals surface area contributed by atoms with Crippen molar-refractivity contribution in [2.24, 2.45) is 0 Å². The molecule has 0 spiro atoms. The molecule has 0 bridgehead atoms. The highest BCUT2D eigenvalue weighted by Gasteiger charge is 2.42. The third-order valence-corrected chi connectivity index (χ3v) is 7.27. The molecule has 1 saturated heterocycles. The van der Waals surface area contributed by atoms with Gasteiger partial charge in [0.1, 0.15) is 22.1 Å². The number of hydrogen-bond donors (Lipinski definition) is 3. The second kappa shape index (κ2) is 7.97. The van der Waals surface area contributed by atoms with Crippen LogP contribution in [0.5, 0.6) is 5.75 Å². The van der Waals surface area contributed by atoms with E-state index >= 15 is 0 Å². The van der Waals surface area contributed by atoms with Crippen LogP contribution >= 0.6 is 11.3 Å². The average Bonchev–Trinajstić information content (AvgIpc) is 3.09. The number of carbonyl (C=O) groups excluding carboxylic acids is 1. The van der Waals surface area contributed by atoms with E-state index in [-0.39, 0.29) is 25.1 Å². The van der Waals surface area contributed by atoms with Crippen molar-refractivity contribution in [3.63, 3.8) is 0 Å². The lowest BCUT2D eigenvalue weighted by Crippen LogP contribution is -2.45. The van der Waals surface area contributed by atoms with Gasteiger partial charge < -0.3 is 21.1 Å². The number of nitrogens with two attached hydrogens (primary N) is 1. The number of aromatic nitrogens is 1. The van der Waals surface area contributed by atoms with Crippen molar-refractivity contribution in [2.75, 3.05) is 25.4 Å². The number of nitrogen functional groups attached to an aromatic ring is 1. The summed E-state index contributed by atoms with van der Waals surface area (Å²) in [6, 6.07) is 8.84. The quantitative estimate of drug-likeness (QED) is 0.558. The number of aryl methyl sites for hydroxylation is 1. The summed E-state index contributed by atoms with van der Waals surface area (Å²) >= 11 is 1.27. The first-order valence-corrected chi connectivity index (χ1v) is 11.4. The molecule has 0 aliphatic carbocycles. The number of thiophene rings is 1. The van der Waals surface area contributed by atoms with Crippen LogP contribution < -0.4 is 21.1 Å². The Morgan fingerprint density at radius 2 is 2.19 bits per heavy atom. The number of nitrogens with zero attached hydrogens (tertiary/aromatic N) is 1. The zero-order valence-electron chi connectivity index (χ0n) is 17.6. The molecule has 2 atom stereocenters. The van der Waals surface area contributed by atoms with Crippen LogP contribution in [0.4, 0.5) is 14.5 Å². The van der Waals surface area contributed by atoms with Gasteiger partial charge in [0, 0.05) is 11.1 Å². The fourth-order valence-electron chi connectivity index (χ4n) is 4.45. The molecule has 1 fully saturated rings. The Labute approximate surface area is 188 Å². The number of ether oxygens (including phenoxy) is 1. The van der Waals surface area contributed by atoms with Crippen molar-refractivity contribution < 1.29 is 18.3 Å². The van der Waals surface area contributed by atoms with Gasteiger partial charge in [-0.2, -0.15) is 0 Å². The third kappa shape index (κ3) is 3.80. The summed E-state index contributed by atoms with van der Waals surface area (Å²) in [7, 11) is 0. The van der Waals surface area contributed by atoms with Crippen LogP contribution in [-0.2, 0) is 6.42 Å². The number of amides is 1. The molecule has 3 aromatic rings. The number of halogens is 2. The van der Waals surface area contributed by atoms with Crippen molar-refractivity contribution in [3.8, 4) is 5.75 Å². The number of pyridine rings is 1. The predicted octanol–water partition coefficient (Wildman–Crippen LogP) is 3.63. The number of hydrogen-bond acceptors (Lipinski definition) is 6. The van der Waals surface area contributed by atoms with Crippen LogP contribution in [0.25, 0.3) is 10.2 Å². The van der Waals surface area contributed by atoms with E-state index < -0.39 is 11.8 Å². The number of fused-ring (bicyclic) bond motifs is 2. The SMILES string of the molecule is Cc1ccc2c(N)c(C(=O)N[C@H]3COc4cc([C@@H]5CCNCC5(F)F)ccc4C3)sc2n1. The van der Waals surface area contributed by atoms with Crippen molar-refractivity contribution in [1.82, 2.24) is 15.6 Å². The number of alkyl halides is 2. The first kappa shape index (κ1) is 21.1. The van der Waals surface area contributed by atoms with Gasteiger partial charge in [-0.3, -0.25) is 4.79 Å². The number of rotatable bonds is 3. The van der Waals surface area contributed by atoms with Crippen LogP contribution in [0.2, 0.25) is 0 Å². The van der Waals surface area contributed by atoms with E-state index in [1.54, 1.807) is 12.1 Å². The molecule has 0 unspecified atom stereocenters. The molecular formula is C23H24F2N4O2S. The van der Waals surface area contributed by atoms with E-state index in [1.807, 2.05) is 25.1 Å². The van der Waals surface area contributed by atoms with Gasteiger partial charge >= 0.3 is 0 Å². The first-order chi connectivity index (χ1) is 15.3. The van der Waals surface area contributed by atoms with Crippen LogP contribution in [-0.4, -0.2) is 42.6 Å². The summed E-state index contributed by atoms with van der Waals surface area (Å²) in [5.41, 5.74) is 8.98. The summed E-state index contributed by atoms with van der Waals surface area (Å²) in [6.07, 6.45) is 0.946. The molecule has 32 heavy (non-hydrogen) atoms. The number of benzene rings is 1. The normalized spacial score (nSPS) is 22.2. The molecule has 6 nitrogen and oxygen atoms in total. The maximum Gasteiger partial charge on any atom is 0.267 e. The fourth-order valence-corrected chi connectivity index (χ4v) is 5.50. The average molecular weight is 459 g/mol. The Kier molecular flexibility index (Phi) is 5.25. The predicted molar refractivity (Wildman–Crippen MR) is 121 cm³/mol. The van der Waals surface area contributed by atoms with Crippen molar-refractivity contribution in [1.29, 1.82) is 0 Å². The minimum atomic E-state index is -2.78. The molecular weight excluding hydrogens is 434 g/mol. The molecule has 168 valence electrons. The van der Waals surface area contributed by atoms with Crippen molar-refractivity contribution in [3.05, 3.63) is 52.0 Å². The largest absolute Gasteiger partial charge is 0.491 e. The minimum absolute atomic E-state index is 0.236. The second-order valence-electron chi connectivity index (χ2n) is 8.48. The van der Waals surface area contributed by atoms with Gasteiger partial charge in [-0.1, -0.05) is 12.1 Å². The molecule has 0 saturated carbocycles. The minimum Gasteiger partial charge on any atom is -0.491 e. The standard InChI is InChI=1S/C23H24F2N4O2S/c1-12-2-5-16-19(26)20(32-22(16)28-12)21(30)29-15-8-14-4-3-13(9-18(14)31-10-15)17-6-7-27-11-23(17,24)25/h2-5,9,15,17,27H,6-8,10-11,26H2,1H3,(H,29,30)/t15-,17+/m1/s1. The highest BCUT2D eigenvalue weighted by Crippen LogP contribution is 2.40. The summed E-state index contributed by atoms with van der Waals surface area (Å²) in [5.74, 6) is -3.24. The van der Waals surface area contributed by atoms with Gasteiger partial charge in [0.25, 0.3) is 11.8 Å². The second-order valence-corrected chi connectivity index (χ2v) is 9.48. The van der Waals surface area contributed by atoms with Crippen LogP contribution in [0.1, 0.15) is 38.8 Å². The van der Waals surface area contributed by atoms with Crippen LogP contribution in [0, 0.1) is 6.92 Å². The van der Waals surface area contributed by atoms with E-state index in [2.05, 4.69) is 15.6 Å². The third-order valence-electron chi connectivity index (χ3n) is 6.15. The van der Waals surface area contributed by atoms with Crippen molar-refractivity contribution in [2.45, 2.75) is 37.6 Å². The Hall–Kier alpha value is -2.78. The molecule has 1 amide bonds. The zero-order chi connectivity index (χ0) is 22.5. The maximum absolute atomic E-state index is 14.3. The topological polar surface area (TPSA) is 89.3 Å². The van der Waals surface area contributed by atoms with Gasteiger partial charge in [-0.15, -0.1) is 11.3 Å². The summed E-state index contributed by atoms with van der Waals surface area (Å²) in [4.78, 5) is 18.5. The highest BCUT2D eigenvalue weighted by molar-refractivity contribution is 7.21. The van der Waals surface area contributed by atoms with Gasteiger partial charge in [0.2, 0.25) is 0 Å². The number of piperidine rings is 1. The molecule has 9 heteroatoms. The monoisotopic (exact) mass is 458 g/mol. The summed E-state index contributed by atoms with van der Waals surface area (Å²) in [6.45, 7) is 2.43.